The molecule has 1 aromatic heterocycles. The number of aromatic nitrogens is 1. The first kappa shape index (κ1) is 21.3. The number of carbonyl (C=O) groups excluding carboxylic acids is 2. The van der Waals surface area contributed by atoms with Crippen molar-refractivity contribution in [1.29, 1.82) is 0 Å². The second-order valence-corrected chi connectivity index (χ2v) is 8.72. The molecule has 0 spiro atoms. The molecule has 7 nitrogen and oxygen atoms in total. The molecule has 4 rings (SSSR count). The van der Waals surface area contributed by atoms with E-state index in [-0.39, 0.29) is 17.9 Å². The van der Waals surface area contributed by atoms with Crippen molar-refractivity contribution in [2.75, 3.05) is 29.9 Å². The van der Waals surface area contributed by atoms with Gasteiger partial charge in [0, 0.05) is 31.5 Å². The average Bonchev–Trinajstić information content (AvgIpc) is 3.24. The highest BCUT2D eigenvalue weighted by Gasteiger charge is 2.29. The Bertz CT molecular complexity index is 922. The highest BCUT2D eigenvalue weighted by molar-refractivity contribution is 6.04. The van der Waals surface area contributed by atoms with E-state index in [4.69, 9.17) is 5.73 Å². The summed E-state index contributed by atoms with van der Waals surface area (Å²) in [6.45, 7) is 5.71. The van der Waals surface area contributed by atoms with E-state index < -0.39 is 0 Å². The van der Waals surface area contributed by atoms with Gasteiger partial charge < -0.3 is 16.0 Å². The van der Waals surface area contributed by atoms with Gasteiger partial charge >= 0.3 is 0 Å². The van der Waals surface area contributed by atoms with E-state index in [1.165, 1.54) is 12.8 Å². The van der Waals surface area contributed by atoms with Crippen LogP contribution >= 0.6 is 0 Å². The number of hydrogen-bond donors (Lipinski definition) is 2. The normalized spacial score (nSPS) is 20.0. The summed E-state index contributed by atoms with van der Waals surface area (Å²) in [5, 5.41) is 3.01. The molecule has 0 radical (unpaired) electrons. The first-order valence-corrected chi connectivity index (χ1v) is 11.1. The molecule has 0 aliphatic carbocycles. The van der Waals surface area contributed by atoms with E-state index in [0.29, 0.717) is 12.1 Å². The number of pyridine rings is 1. The molecule has 0 bridgehead atoms. The summed E-state index contributed by atoms with van der Waals surface area (Å²) >= 11 is 0. The molecular formula is C24H31N5O2. The topological polar surface area (TPSA) is 91.6 Å². The largest absolute Gasteiger partial charge is 0.368 e. The van der Waals surface area contributed by atoms with Crippen molar-refractivity contribution in [3.8, 4) is 0 Å². The number of amides is 2. The van der Waals surface area contributed by atoms with E-state index in [0.717, 1.165) is 55.5 Å². The standard InChI is InChI=1S/C24H31N5O2/c1-17-10-13-28(14-11-17)22-9-8-18(15-26-22)24(31)27-20-6-3-2-5-19(20)16-29-12-4-7-21(29)23(25)30/h2-3,5-6,8-9,15,17,21H,4,7,10-14,16H2,1H3,(H2,25,30)(H,27,31). The van der Waals surface area contributed by atoms with Crippen molar-refractivity contribution in [1.82, 2.24) is 9.88 Å². The smallest absolute Gasteiger partial charge is 0.257 e. The quantitative estimate of drug-likeness (QED) is 0.748. The Morgan fingerprint density at radius 3 is 2.58 bits per heavy atom. The van der Waals surface area contributed by atoms with Gasteiger partial charge in [0.25, 0.3) is 5.91 Å². The minimum atomic E-state index is -0.284. The second-order valence-electron chi connectivity index (χ2n) is 8.72. The lowest BCUT2D eigenvalue weighted by Gasteiger charge is -2.31. The Morgan fingerprint density at radius 1 is 1.10 bits per heavy atom. The number of primary amides is 1. The summed E-state index contributed by atoms with van der Waals surface area (Å²) in [5.74, 6) is 1.22. The van der Waals surface area contributed by atoms with E-state index in [1.807, 2.05) is 36.4 Å². The minimum Gasteiger partial charge on any atom is -0.368 e. The van der Waals surface area contributed by atoms with Crippen molar-refractivity contribution in [3.05, 3.63) is 53.7 Å². The molecule has 2 aliphatic heterocycles. The van der Waals surface area contributed by atoms with E-state index in [2.05, 4.69) is 27.0 Å². The van der Waals surface area contributed by atoms with Gasteiger partial charge in [-0.25, -0.2) is 4.98 Å². The third-order valence-corrected chi connectivity index (χ3v) is 6.45. The van der Waals surface area contributed by atoms with Gasteiger partial charge in [-0.05, 0) is 61.9 Å². The molecule has 2 amide bonds. The monoisotopic (exact) mass is 421 g/mol. The number of carbonyl (C=O) groups is 2. The Hall–Kier alpha value is -2.93. The lowest BCUT2D eigenvalue weighted by Crippen LogP contribution is -2.39. The molecule has 164 valence electrons. The van der Waals surface area contributed by atoms with Crippen molar-refractivity contribution in [2.45, 2.75) is 45.2 Å². The van der Waals surface area contributed by atoms with Crippen molar-refractivity contribution in [3.63, 3.8) is 0 Å². The lowest BCUT2D eigenvalue weighted by atomic mass is 9.99. The number of para-hydroxylation sites is 1. The molecular weight excluding hydrogens is 390 g/mol. The van der Waals surface area contributed by atoms with Crippen molar-refractivity contribution < 1.29 is 9.59 Å². The molecule has 31 heavy (non-hydrogen) atoms. The van der Waals surface area contributed by atoms with Gasteiger partial charge in [0.2, 0.25) is 5.91 Å². The van der Waals surface area contributed by atoms with Gasteiger partial charge in [0.05, 0.1) is 11.6 Å². The molecule has 2 aliphatic rings. The first-order chi connectivity index (χ1) is 15.0. The number of likely N-dealkylation sites (tertiary alicyclic amines) is 1. The van der Waals surface area contributed by atoms with Gasteiger partial charge in [-0.15, -0.1) is 0 Å². The molecule has 7 heteroatoms. The van der Waals surface area contributed by atoms with Gasteiger partial charge in [-0.1, -0.05) is 25.1 Å². The van der Waals surface area contributed by atoms with Gasteiger partial charge in [-0.2, -0.15) is 0 Å². The number of rotatable bonds is 6. The highest BCUT2D eigenvalue weighted by Crippen LogP contribution is 2.25. The molecule has 2 fully saturated rings. The fourth-order valence-corrected chi connectivity index (χ4v) is 4.48. The average molecular weight is 422 g/mol. The number of piperidine rings is 1. The van der Waals surface area contributed by atoms with Crippen LogP contribution in [0.2, 0.25) is 0 Å². The van der Waals surface area contributed by atoms with Crippen molar-refractivity contribution >= 4 is 23.3 Å². The summed E-state index contributed by atoms with van der Waals surface area (Å²) in [7, 11) is 0. The second kappa shape index (κ2) is 9.47. The van der Waals surface area contributed by atoms with E-state index in [9.17, 15) is 9.59 Å². The molecule has 3 heterocycles. The van der Waals surface area contributed by atoms with Gasteiger partial charge in [0.15, 0.2) is 0 Å². The minimum absolute atomic E-state index is 0.188. The molecule has 1 atom stereocenters. The Morgan fingerprint density at radius 2 is 1.87 bits per heavy atom. The van der Waals surface area contributed by atoms with Crippen LogP contribution in [0.3, 0.4) is 0 Å². The van der Waals surface area contributed by atoms with Crippen LogP contribution in [0.1, 0.15) is 48.5 Å². The predicted molar refractivity (Wildman–Crippen MR) is 122 cm³/mol. The van der Waals surface area contributed by atoms with Crippen molar-refractivity contribution in [2.24, 2.45) is 11.7 Å². The zero-order valence-corrected chi connectivity index (χ0v) is 18.1. The van der Waals surface area contributed by atoms with Gasteiger partial charge in [-0.3, -0.25) is 14.5 Å². The number of benzene rings is 1. The molecule has 1 unspecified atom stereocenters. The van der Waals surface area contributed by atoms with E-state index in [1.54, 1.807) is 6.20 Å². The third-order valence-electron chi connectivity index (χ3n) is 6.45. The van der Waals surface area contributed by atoms with E-state index >= 15 is 0 Å². The van der Waals surface area contributed by atoms with Crippen LogP contribution < -0.4 is 16.0 Å². The van der Waals surface area contributed by atoms with Crippen LogP contribution in [0, 0.1) is 5.92 Å². The Kier molecular flexibility index (Phi) is 6.51. The predicted octanol–water partition coefficient (Wildman–Crippen LogP) is 3.02. The number of hydrogen-bond acceptors (Lipinski definition) is 5. The van der Waals surface area contributed by atoms with Crippen LogP contribution in [0.25, 0.3) is 0 Å². The Balaban J connectivity index is 1.42. The summed E-state index contributed by atoms with van der Waals surface area (Å²) < 4.78 is 0. The summed E-state index contributed by atoms with van der Waals surface area (Å²) in [6.07, 6.45) is 5.74. The fourth-order valence-electron chi connectivity index (χ4n) is 4.48. The number of nitrogens with zero attached hydrogens (tertiary/aromatic N) is 3. The van der Waals surface area contributed by atoms with Gasteiger partial charge in [0.1, 0.15) is 5.82 Å². The Labute approximate surface area is 183 Å². The SMILES string of the molecule is CC1CCN(c2ccc(C(=O)Nc3ccccc3CN3CCCC3C(N)=O)cn2)CC1. The van der Waals surface area contributed by atoms with Crippen LogP contribution in [-0.2, 0) is 11.3 Å². The van der Waals surface area contributed by atoms with Crippen LogP contribution in [0.5, 0.6) is 0 Å². The number of anilines is 2. The summed E-state index contributed by atoms with van der Waals surface area (Å²) in [4.78, 5) is 33.5. The maximum Gasteiger partial charge on any atom is 0.257 e. The van der Waals surface area contributed by atoms with Crippen LogP contribution in [0.4, 0.5) is 11.5 Å². The highest BCUT2D eigenvalue weighted by atomic mass is 16.2. The van der Waals surface area contributed by atoms with Crippen LogP contribution in [-0.4, -0.2) is 47.4 Å². The molecule has 2 aromatic rings. The zero-order valence-electron chi connectivity index (χ0n) is 18.1. The number of nitrogens with two attached hydrogens (primary N) is 1. The lowest BCUT2D eigenvalue weighted by molar-refractivity contribution is -0.122. The van der Waals surface area contributed by atoms with Crippen LogP contribution in [0.15, 0.2) is 42.6 Å². The number of nitrogens with one attached hydrogen (secondary N) is 1. The molecule has 0 saturated carbocycles. The molecule has 2 saturated heterocycles. The summed E-state index contributed by atoms with van der Waals surface area (Å²) in [5.41, 5.74) is 7.79. The maximum absolute atomic E-state index is 12.9. The first-order valence-electron chi connectivity index (χ1n) is 11.1. The maximum atomic E-state index is 12.9. The molecule has 1 aromatic carbocycles. The molecule has 3 N–H and O–H groups in total. The zero-order chi connectivity index (χ0) is 21.8. The summed E-state index contributed by atoms with van der Waals surface area (Å²) in [6, 6.07) is 11.2. The fraction of sp³-hybridized carbons (Fsp3) is 0.458. The third kappa shape index (κ3) is 5.05.